The van der Waals surface area contributed by atoms with Crippen molar-refractivity contribution >= 4 is 70.2 Å². The number of methoxy groups -OCH3 is 2. The molecule has 86 heavy (non-hydrogen) atoms. The Morgan fingerprint density at radius 3 is 1.81 bits per heavy atom. The lowest BCUT2D eigenvalue weighted by atomic mass is 9.98. The van der Waals surface area contributed by atoms with Gasteiger partial charge in [0.25, 0.3) is 23.6 Å². The Labute approximate surface area is 505 Å². The van der Waals surface area contributed by atoms with Crippen molar-refractivity contribution in [3.63, 3.8) is 0 Å². The maximum absolute atomic E-state index is 14.4. The van der Waals surface area contributed by atoms with E-state index >= 15 is 0 Å². The third kappa shape index (κ3) is 13.0. The molecule has 11 rings (SSSR count). The molecule has 0 N–H and O–H groups in total. The number of para-hydroxylation sites is 2. The number of ether oxygens (including phenoxy) is 6. The molecule has 0 saturated carbocycles. The topological polar surface area (TPSA) is 200 Å². The van der Waals surface area contributed by atoms with Gasteiger partial charge in [0.05, 0.1) is 51.8 Å². The van der Waals surface area contributed by atoms with Crippen molar-refractivity contribution in [3.05, 3.63) is 141 Å². The van der Waals surface area contributed by atoms with E-state index in [0.717, 1.165) is 81.9 Å². The van der Waals surface area contributed by atoms with Gasteiger partial charge in [-0.05, 0) is 153 Å². The molecule has 6 amide bonds. The van der Waals surface area contributed by atoms with Crippen molar-refractivity contribution in [1.82, 2.24) is 9.96 Å². The Hall–Kier alpha value is -7.78. The number of likely N-dealkylation sites (tertiary alicyclic amines) is 1. The highest BCUT2D eigenvalue weighted by atomic mass is 32.2. The van der Waals surface area contributed by atoms with Crippen LogP contribution in [0.2, 0.25) is 0 Å². The number of nitrogens with zero attached hydrogens (tertiary/aromatic N) is 5. The van der Waals surface area contributed by atoms with Gasteiger partial charge in [0, 0.05) is 91.0 Å². The van der Waals surface area contributed by atoms with E-state index in [4.69, 9.17) is 33.3 Å². The molecule has 0 bridgehead atoms. The highest BCUT2D eigenvalue weighted by molar-refractivity contribution is 8.02. The standard InChI is InChI=1S/C66H73N5O14S/c1-41-28-51-44(14-16-48-32-46-10-6-8-12-53(46)69(48)63(51)76)34-55(41)83-38-42-29-43(39-84-57-35-45-15-17-49-33-47-11-7-9-13-54(47)70(49)64(77)52(45)36-56(57)80-5)31-50(30-42)67(22-23-81-26-27-82-25-24-79-4)40-66(2,3)86-58-37-61(74)68(65(58)78)21-20-62(75)85-71-59(72)18-19-60(71)73/h6-13,28-31,34-36,48-49,58H,14-27,32-33,37-40H2,1-5H3/t48-,49-,58?/m1/s1. The van der Waals surface area contributed by atoms with Gasteiger partial charge in [-0.15, -0.1) is 16.8 Å². The van der Waals surface area contributed by atoms with Crippen LogP contribution in [0.15, 0.2) is 91.0 Å². The zero-order chi connectivity index (χ0) is 60.2. The highest BCUT2D eigenvalue weighted by Crippen LogP contribution is 2.43. The van der Waals surface area contributed by atoms with Gasteiger partial charge < -0.3 is 48.0 Å². The zero-order valence-corrected chi connectivity index (χ0v) is 50.2. The van der Waals surface area contributed by atoms with E-state index in [2.05, 4.69) is 29.2 Å². The number of fused-ring (bicyclic) bond motifs is 8. The summed E-state index contributed by atoms with van der Waals surface area (Å²) in [5.74, 6) is -1.48. The van der Waals surface area contributed by atoms with Gasteiger partial charge >= 0.3 is 5.97 Å². The van der Waals surface area contributed by atoms with Crippen LogP contribution in [0.3, 0.4) is 0 Å². The molecule has 1 unspecified atom stereocenters. The number of amides is 6. The van der Waals surface area contributed by atoms with E-state index in [1.807, 2.05) is 91.2 Å². The summed E-state index contributed by atoms with van der Waals surface area (Å²) < 4.78 is 35.8. The average Bonchev–Trinajstić information content (AvgIpc) is 2.58. The number of anilines is 3. The van der Waals surface area contributed by atoms with Gasteiger partial charge in [0.1, 0.15) is 19.0 Å². The minimum atomic E-state index is -0.903. The first kappa shape index (κ1) is 59.9. The molecule has 0 aliphatic carbocycles. The van der Waals surface area contributed by atoms with Crippen LogP contribution in [0, 0.1) is 6.92 Å². The molecule has 19 nitrogen and oxygen atoms in total. The van der Waals surface area contributed by atoms with Crippen LogP contribution in [0.25, 0.3) is 0 Å². The van der Waals surface area contributed by atoms with Crippen molar-refractivity contribution in [1.29, 1.82) is 0 Å². The minimum absolute atomic E-state index is 0.00227. The number of carbonyl (C=O) groups excluding carboxylic acids is 7. The molecule has 5 aromatic rings. The molecule has 0 radical (unpaired) electrons. The lowest BCUT2D eigenvalue weighted by Crippen LogP contribution is -2.41. The van der Waals surface area contributed by atoms with Crippen molar-refractivity contribution in [2.45, 2.75) is 120 Å². The number of rotatable bonds is 25. The Morgan fingerprint density at radius 1 is 0.628 bits per heavy atom. The number of imide groups is 2. The predicted molar refractivity (Wildman–Crippen MR) is 322 cm³/mol. The number of hydrogen-bond acceptors (Lipinski definition) is 16. The molecule has 5 aromatic carbocycles. The van der Waals surface area contributed by atoms with Crippen LogP contribution in [0.4, 0.5) is 17.1 Å². The van der Waals surface area contributed by atoms with Crippen molar-refractivity contribution in [3.8, 4) is 17.2 Å². The van der Waals surface area contributed by atoms with Gasteiger partial charge in [-0.1, -0.05) is 36.4 Å². The molecule has 6 aliphatic rings. The first-order valence-corrected chi connectivity index (χ1v) is 30.5. The maximum Gasteiger partial charge on any atom is 0.335 e. The quantitative estimate of drug-likeness (QED) is 0.0399. The summed E-state index contributed by atoms with van der Waals surface area (Å²) in [6, 6.07) is 30.2. The Balaban J connectivity index is 0.861. The fraction of sp³-hybridized carbons (Fsp3) is 0.439. The van der Waals surface area contributed by atoms with Gasteiger partial charge in [-0.3, -0.25) is 33.7 Å². The van der Waals surface area contributed by atoms with E-state index in [9.17, 15) is 33.6 Å². The minimum Gasteiger partial charge on any atom is -0.493 e. The van der Waals surface area contributed by atoms with Crippen LogP contribution in [-0.2, 0) is 81.9 Å². The van der Waals surface area contributed by atoms with E-state index in [1.165, 1.54) is 22.9 Å². The fourth-order valence-electron chi connectivity index (χ4n) is 12.6. The third-order valence-electron chi connectivity index (χ3n) is 16.8. The summed E-state index contributed by atoms with van der Waals surface area (Å²) in [4.78, 5) is 105. The molecule has 0 spiro atoms. The molecule has 2 saturated heterocycles. The van der Waals surface area contributed by atoms with Crippen LogP contribution in [-0.4, -0.2) is 140 Å². The van der Waals surface area contributed by atoms with E-state index in [-0.39, 0.29) is 69.3 Å². The Morgan fingerprint density at radius 2 is 1.20 bits per heavy atom. The summed E-state index contributed by atoms with van der Waals surface area (Å²) in [5.41, 5.74) is 10.7. The molecule has 6 heterocycles. The van der Waals surface area contributed by atoms with Crippen LogP contribution in [0.1, 0.15) is 112 Å². The number of thioether (sulfide) groups is 1. The number of hydroxylamine groups is 2. The maximum atomic E-state index is 14.4. The molecule has 3 atom stereocenters. The SMILES string of the molecule is COCCOCCOCCN(CC(C)(C)SC1CC(=O)N(CCC(=O)ON2C(=O)CCC2=O)C1=O)c1cc(COc2cc3c(cc2C)C(=O)N2c4ccccc4C[C@H]2CC3)cc(COc2cc3c(cc2OC)C(=O)N2c4ccccc4C[C@H]2CC3)c1. The molecule has 0 aromatic heterocycles. The molecule has 6 aliphatic heterocycles. The molecular formula is C66H73N5O14S. The van der Waals surface area contributed by atoms with Crippen LogP contribution >= 0.6 is 11.8 Å². The summed E-state index contributed by atoms with van der Waals surface area (Å²) >= 11 is 1.37. The van der Waals surface area contributed by atoms with Gasteiger partial charge in [-0.2, -0.15) is 0 Å². The first-order chi connectivity index (χ1) is 41.6. The normalized spacial score (nSPS) is 18.8. The summed E-state index contributed by atoms with van der Waals surface area (Å²) in [6.07, 6.45) is 4.05. The fourth-order valence-corrected chi connectivity index (χ4v) is 14.1. The Bertz CT molecular complexity index is 3440. The summed E-state index contributed by atoms with van der Waals surface area (Å²) in [5, 5.41) is -0.308. The number of aryl methyl sites for hydroxylation is 3. The predicted octanol–water partition coefficient (Wildman–Crippen LogP) is 8.32. The summed E-state index contributed by atoms with van der Waals surface area (Å²) in [6.45, 7) is 8.72. The molecule has 20 heteroatoms. The lowest BCUT2D eigenvalue weighted by Gasteiger charge is -2.35. The molecular weight excluding hydrogens is 1120 g/mol. The Kier molecular flexibility index (Phi) is 18.2. The van der Waals surface area contributed by atoms with E-state index in [0.29, 0.717) is 86.0 Å². The lowest BCUT2D eigenvalue weighted by molar-refractivity contribution is -0.197. The van der Waals surface area contributed by atoms with Gasteiger partial charge in [0.2, 0.25) is 11.8 Å². The number of hydrogen-bond donors (Lipinski definition) is 0. The first-order valence-electron chi connectivity index (χ1n) is 29.6. The second-order valence-corrected chi connectivity index (χ2v) is 25.2. The van der Waals surface area contributed by atoms with E-state index < -0.39 is 39.6 Å². The third-order valence-corrected chi connectivity index (χ3v) is 18.2. The van der Waals surface area contributed by atoms with Gasteiger partial charge in [-0.25, -0.2) is 4.79 Å². The molecule has 2 fully saturated rings. The van der Waals surface area contributed by atoms with Gasteiger partial charge in [0.15, 0.2) is 11.5 Å². The second kappa shape index (κ2) is 26.1. The monoisotopic (exact) mass is 1190 g/mol. The summed E-state index contributed by atoms with van der Waals surface area (Å²) in [7, 11) is 3.19. The van der Waals surface area contributed by atoms with E-state index in [1.54, 1.807) is 20.3 Å². The zero-order valence-electron chi connectivity index (χ0n) is 49.4. The number of benzene rings is 5. The number of carbonyl (C=O) groups is 7. The van der Waals surface area contributed by atoms with Crippen LogP contribution < -0.4 is 28.9 Å². The van der Waals surface area contributed by atoms with Crippen molar-refractivity contribution in [2.75, 3.05) is 81.6 Å². The molecule has 452 valence electrons. The second-order valence-electron chi connectivity index (χ2n) is 23.3. The smallest absolute Gasteiger partial charge is 0.335 e. The highest BCUT2D eigenvalue weighted by Gasteiger charge is 2.44. The average molecular weight is 1190 g/mol. The largest absolute Gasteiger partial charge is 0.493 e. The van der Waals surface area contributed by atoms with Crippen molar-refractivity contribution < 1.29 is 66.8 Å². The van der Waals surface area contributed by atoms with Crippen molar-refractivity contribution in [2.24, 2.45) is 0 Å². The van der Waals surface area contributed by atoms with Crippen LogP contribution in [0.5, 0.6) is 17.2 Å².